The summed E-state index contributed by atoms with van der Waals surface area (Å²) in [5.41, 5.74) is 1.96. The number of anilines is 1. The maximum Gasteiger partial charge on any atom is 0.294 e. The van der Waals surface area contributed by atoms with Crippen molar-refractivity contribution in [3.63, 3.8) is 0 Å². The fraction of sp³-hybridized carbons (Fsp3) is 0.0952. The van der Waals surface area contributed by atoms with Gasteiger partial charge in [-0.2, -0.15) is 0 Å². The second-order valence-electron chi connectivity index (χ2n) is 6.31. The largest absolute Gasteiger partial charge is 0.503 e. The van der Waals surface area contributed by atoms with Gasteiger partial charge >= 0.3 is 0 Å². The molecule has 3 heterocycles. The molecule has 1 atom stereocenters. The van der Waals surface area contributed by atoms with Crippen molar-refractivity contribution >= 4 is 40.3 Å². The molecule has 0 fully saturated rings. The van der Waals surface area contributed by atoms with Gasteiger partial charge in [0, 0.05) is 23.1 Å². The molecule has 0 saturated carbocycles. The molecule has 140 valence electrons. The number of aliphatic hydroxyl groups excluding tert-OH is 1. The second-order valence-corrected chi connectivity index (χ2v) is 7.67. The summed E-state index contributed by atoms with van der Waals surface area (Å²) >= 11 is 7.52. The van der Waals surface area contributed by atoms with Crippen molar-refractivity contribution in [1.82, 2.24) is 4.98 Å². The number of rotatable bonds is 4. The van der Waals surface area contributed by atoms with Crippen LogP contribution in [-0.4, -0.2) is 21.8 Å². The number of thiophene rings is 1. The molecular formula is C21H15ClN2O3S. The molecule has 1 aliphatic heterocycles. The smallest absolute Gasteiger partial charge is 0.294 e. The third kappa shape index (κ3) is 2.91. The number of hydrogen-bond acceptors (Lipinski definition) is 5. The van der Waals surface area contributed by atoms with E-state index in [1.165, 1.54) is 16.2 Å². The molecule has 1 aliphatic rings. The summed E-state index contributed by atoms with van der Waals surface area (Å²) in [7, 11) is 0. The molecule has 1 N–H and O–H groups in total. The summed E-state index contributed by atoms with van der Waals surface area (Å²) in [6, 6.07) is 11.3. The molecule has 4 rings (SSSR count). The van der Waals surface area contributed by atoms with E-state index in [-0.39, 0.29) is 11.4 Å². The lowest BCUT2D eigenvalue weighted by molar-refractivity contribution is -0.117. The van der Waals surface area contributed by atoms with Gasteiger partial charge in [0.25, 0.3) is 5.91 Å². The summed E-state index contributed by atoms with van der Waals surface area (Å²) in [6.45, 7) is 1.80. The van der Waals surface area contributed by atoms with Gasteiger partial charge in [-0.3, -0.25) is 19.5 Å². The maximum atomic E-state index is 13.1. The third-order valence-corrected chi connectivity index (χ3v) is 6.00. The van der Waals surface area contributed by atoms with E-state index in [9.17, 15) is 14.7 Å². The summed E-state index contributed by atoms with van der Waals surface area (Å²) in [5.74, 6) is -1.54. The van der Waals surface area contributed by atoms with Gasteiger partial charge in [-0.1, -0.05) is 23.7 Å². The minimum Gasteiger partial charge on any atom is -0.503 e. The number of amides is 1. The molecule has 0 bridgehead atoms. The summed E-state index contributed by atoms with van der Waals surface area (Å²) in [4.78, 5) is 32.1. The normalized spacial score (nSPS) is 16.7. The van der Waals surface area contributed by atoms with E-state index in [0.717, 1.165) is 0 Å². The van der Waals surface area contributed by atoms with Gasteiger partial charge in [0.1, 0.15) is 0 Å². The molecule has 1 amide bonds. The molecule has 5 nitrogen and oxygen atoms in total. The lowest BCUT2D eigenvalue weighted by atomic mass is 9.95. The highest BCUT2D eigenvalue weighted by molar-refractivity contribution is 7.12. The van der Waals surface area contributed by atoms with Crippen LogP contribution >= 0.6 is 22.9 Å². The number of carbonyl (C=O) groups is 2. The number of ketones is 1. The summed E-state index contributed by atoms with van der Waals surface area (Å²) in [6.07, 6.45) is 3.18. The van der Waals surface area contributed by atoms with Crippen molar-refractivity contribution in [2.24, 2.45) is 0 Å². The number of hydrogen-bond donors (Lipinski definition) is 1. The molecule has 0 saturated heterocycles. The number of pyridine rings is 1. The minimum absolute atomic E-state index is 0.0537. The zero-order valence-corrected chi connectivity index (χ0v) is 16.4. The van der Waals surface area contributed by atoms with Crippen molar-refractivity contribution in [1.29, 1.82) is 0 Å². The fourth-order valence-corrected chi connectivity index (χ4v) is 4.19. The van der Waals surface area contributed by atoms with Crippen LogP contribution in [0.5, 0.6) is 0 Å². The molecule has 0 spiro atoms. The van der Waals surface area contributed by atoms with Crippen LogP contribution in [0.2, 0.25) is 5.02 Å². The van der Waals surface area contributed by atoms with E-state index in [2.05, 4.69) is 4.98 Å². The summed E-state index contributed by atoms with van der Waals surface area (Å²) in [5, 5.41) is 13.0. The number of carbonyl (C=O) groups excluding carboxylic acids is 2. The van der Waals surface area contributed by atoms with Crippen LogP contribution in [0.4, 0.5) is 5.69 Å². The maximum absolute atomic E-state index is 13.1. The zero-order valence-electron chi connectivity index (χ0n) is 14.8. The van der Waals surface area contributed by atoms with E-state index in [1.807, 2.05) is 0 Å². The predicted octanol–water partition coefficient (Wildman–Crippen LogP) is 4.89. The number of aromatic nitrogens is 1. The average Bonchev–Trinajstić information content (AvgIpc) is 3.32. The van der Waals surface area contributed by atoms with E-state index in [0.29, 0.717) is 26.7 Å². The van der Waals surface area contributed by atoms with E-state index < -0.39 is 17.7 Å². The highest BCUT2D eigenvalue weighted by Crippen LogP contribution is 2.43. The first-order chi connectivity index (χ1) is 13.5. The number of halogens is 1. The number of benzene rings is 1. The van der Waals surface area contributed by atoms with Crippen LogP contribution in [0.3, 0.4) is 0 Å². The first-order valence-corrected chi connectivity index (χ1v) is 9.76. The highest BCUT2D eigenvalue weighted by atomic mass is 35.5. The molecular weight excluding hydrogens is 396 g/mol. The Kier molecular flexibility index (Phi) is 4.75. The highest BCUT2D eigenvalue weighted by Gasteiger charge is 2.45. The van der Waals surface area contributed by atoms with Gasteiger partial charge in [0.2, 0.25) is 5.78 Å². The Bertz CT molecular complexity index is 1090. The van der Waals surface area contributed by atoms with Gasteiger partial charge in [-0.05, 0) is 53.8 Å². The molecule has 1 unspecified atom stereocenters. The Hall–Kier alpha value is -2.96. The molecule has 2 aromatic heterocycles. The van der Waals surface area contributed by atoms with Crippen molar-refractivity contribution in [3.05, 3.63) is 92.6 Å². The third-order valence-electron chi connectivity index (χ3n) is 4.72. The van der Waals surface area contributed by atoms with E-state index >= 15 is 0 Å². The Morgan fingerprint density at radius 2 is 1.93 bits per heavy atom. The van der Waals surface area contributed by atoms with Crippen molar-refractivity contribution in [3.8, 4) is 0 Å². The fourth-order valence-electron chi connectivity index (χ4n) is 3.34. The summed E-state index contributed by atoms with van der Waals surface area (Å²) < 4.78 is 0. The standard InChI is InChI=1S/C21H15ClN2O3S/c1-12-14(22)4-2-5-15(12)24-18(13-7-9-23-10-8-13)17(20(26)21(24)27)19(25)16-6-3-11-28-16/h2-11,18,26H,1H3. The number of Topliss-reactive ketones (excluding diaryl/α,β-unsaturated/α-hetero) is 1. The lowest BCUT2D eigenvalue weighted by Gasteiger charge is -2.28. The average molecular weight is 411 g/mol. The van der Waals surface area contributed by atoms with Gasteiger partial charge < -0.3 is 5.11 Å². The Labute approximate surface area is 170 Å². The SMILES string of the molecule is Cc1c(Cl)cccc1N1C(=O)C(O)=C(C(=O)c2cccs2)C1c1ccncc1. The molecule has 1 aromatic carbocycles. The van der Waals surface area contributed by atoms with Gasteiger partial charge in [-0.15, -0.1) is 11.3 Å². The van der Waals surface area contributed by atoms with Gasteiger partial charge in [0.05, 0.1) is 16.5 Å². The lowest BCUT2D eigenvalue weighted by Crippen LogP contribution is -2.31. The van der Waals surface area contributed by atoms with Crippen LogP contribution in [0.1, 0.15) is 26.8 Å². The van der Waals surface area contributed by atoms with Crippen LogP contribution in [0, 0.1) is 6.92 Å². The topological polar surface area (TPSA) is 70.5 Å². The van der Waals surface area contributed by atoms with Crippen LogP contribution < -0.4 is 4.90 Å². The Morgan fingerprint density at radius 3 is 2.61 bits per heavy atom. The predicted molar refractivity (Wildman–Crippen MR) is 109 cm³/mol. The van der Waals surface area contributed by atoms with Crippen LogP contribution in [-0.2, 0) is 4.79 Å². The molecule has 0 aliphatic carbocycles. The quantitative estimate of drug-likeness (QED) is 0.622. The van der Waals surface area contributed by atoms with Crippen LogP contribution in [0.15, 0.2) is 71.6 Å². The monoisotopic (exact) mass is 410 g/mol. The van der Waals surface area contributed by atoms with Gasteiger partial charge in [0.15, 0.2) is 5.76 Å². The molecule has 3 aromatic rings. The van der Waals surface area contributed by atoms with Crippen molar-refractivity contribution in [2.75, 3.05) is 4.90 Å². The van der Waals surface area contributed by atoms with Gasteiger partial charge in [-0.25, -0.2) is 0 Å². The Balaban J connectivity index is 1.92. The second kappa shape index (κ2) is 7.22. The van der Waals surface area contributed by atoms with Crippen molar-refractivity contribution in [2.45, 2.75) is 13.0 Å². The Morgan fingerprint density at radius 1 is 1.18 bits per heavy atom. The van der Waals surface area contributed by atoms with Crippen molar-refractivity contribution < 1.29 is 14.7 Å². The number of nitrogens with zero attached hydrogens (tertiary/aromatic N) is 2. The van der Waals surface area contributed by atoms with E-state index in [4.69, 9.17) is 11.6 Å². The van der Waals surface area contributed by atoms with Crippen LogP contribution in [0.25, 0.3) is 0 Å². The number of aliphatic hydroxyl groups is 1. The first kappa shape index (κ1) is 18.4. The molecule has 28 heavy (non-hydrogen) atoms. The van der Waals surface area contributed by atoms with E-state index in [1.54, 1.807) is 67.2 Å². The minimum atomic E-state index is -0.776. The molecule has 7 heteroatoms. The zero-order chi connectivity index (χ0) is 19.8. The first-order valence-electron chi connectivity index (χ1n) is 8.50. The molecule has 0 radical (unpaired) electrons.